The topological polar surface area (TPSA) is 141 Å². The molecule has 4 heterocycles. The van der Waals surface area contributed by atoms with Crippen molar-refractivity contribution in [1.82, 2.24) is 9.88 Å². The summed E-state index contributed by atoms with van der Waals surface area (Å²) in [5, 5.41) is 2.81. The van der Waals surface area contributed by atoms with Crippen molar-refractivity contribution in [3.8, 4) is 0 Å². The normalized spacial score (nSPS) is 18.9. The van der Waals surface area contributed by atoms with Crippen molar-refractivity contribution < 1.29 is 38.2 Å². The van der Waals surface area contributed by atoms with Crippen LogP contribution in [-0.2, 0) is 53.0 Å². The molecule has 0 radical (unpaired) electrons. The third-order valence-electron chi connectivity index (χ3n) is 5.64. The van der Waals surface area contributed by atoms with Gasteiger partial charge in [0.1, 0.15) is 11.2 Å². The van der Waals surface area contributed by atoms with Crippen LogP contribution in [0.15, 0.2) is 24.5 Å². The summed E-state index contributed by atoms with van der Waals surface area (Å²) in [5.74, 6) is -4.34. The lowest BCUT2D eigenvalue weighted by Gasteiger charge is -2.37. The highest BCUT2D eigenvalue weighted by atomic mass is 32.1. The minimum atomic E-state index is -2.13. The lowest BCUT2D eigenvalue weighted by atomic mass is 9.90. The Hall–Kier alpha value is -3.64. The van der Waals surface area contributed by atoms with Gasteiger partial charge in [-0.15, -0.1) is 11.3 Å². The van der Waals surface area contributed by atoms with Crippen molar-refractivity contribution in [3.05, 3.63) is 46.1 Å². The number of carbonyl (C=O) groups excluding carboxylic acids is 5. The molecule has 38 heavy (non-hydrogen) atoms. The van der Waals surface area contributed by atoms with Gasteiger partial charge in [-0.1, -0.05) is 0 Å². The smallest absolute Gasteiger partial charge is 0.397 e. The molecule has 2 aliphatic heterocycles. The molecule has 2 aromatic heterocycles. The van der Waals surface area contributed by atoms with Gasteiger partial charge < -0.3 is 19.5 Å². The molecule has 2 aromatic rings. The number of imide groups is 1. The Morgan fingerprint density at radius 3 is 2.39 bits per heavy atom. The first-order chi connectivity index (χ1) is 17.6. The van der Waals surface area contributed by atoms with Crippen molar-refractivity contribution in [1.29, 1.82) is 0 Å². The number of ether oxygens (including phenoxy) is 3. The third-order valence-corrected chi connectivity index (χ3v) is 6.71. The monoisotopic (exact) mass is 543 g/mol. The first-order valence-corrected chi connectivity index (χ1v) is 12.7. The number of nitrogens with one attached hydrogen (secondary N) is 1. The van der Waals surface area contributed by atoms with Gasteiger partial charge in [0.05, 0.1) is 23.7 Å². The average Bonchev–Trinajstić information content (AvgIpc) is 3.35. The maximum atomic E-state index is 13.9. The van der Waals surface area contributed by atoms with E-state index in [1.54, 1.807) is 53.7 Å². The Kier molecular flexibility index (Phi) is 6.91. The molecule has 12 heteroatoms. The zero-order valence-corrected chi connectivity index (χ0v) is 22.8. The molecule has 11 nitrogen and oxygen atoms in total. The fourth-order valence-corrected chi connectivity index (χ4v) is 5.03. The lowest BCUT2D eigenvalue weighted by Crippen LogP contribution is -2.60. The van der Waals surface area contributed by atoms with E-state index < -0.39 is 46.5 Å². The van der Waals surface area contributed by atoms with E-state index >= 15 is 0 Å². The molecule has 0 fully saturated rings. The van der Waals surface area contributed by atoms with Crippen molar-refractivity contribution >= 4 is 46.0 Å². The second-order valence-electron chi connectivity index (χ2n) is 11.0. The highest BCUT2D eigenvalue weighted by Gasteiger charge is 2.56. The van der Waals surface area contributed by atoms with Crippen molar-refractivity contribution in [2.75, 3.05) is 5.32 Å². The van der Waals surface area contributed by atoms with Gasteiger partial charge in [0, 0.05) is 23.7 Å². The van der Waals surface area contributed by atoms with Crippen LogP contribution in [0.5, 0.6) is 0 Å². The SMILES string of the molecule is CC(C)(C)OC(=O)C(=O)Nc1cc2c(s1)COC(C(=O)OC(C)(C)C)(C(=O)N1Cc3ccncc3C1=O)C2. The largest absolute Gasteiger partial charge is 0.457 e. The van der Waals surface area contributed by atoms with E-state index in [0.717, 1.165) is 16.2 Å². The van der Waals surface area contributed by atoms with Gasteiger partial charge in [-0.05, 0) is 64.8 Å². The molecular formula is C26H29N3O8S. The van der Waals surface area contributed by atoms with E-state index in [-0.39, 0.29) is 25.1 Å². The van der Waals surface area contributed by atoms with Gasteiger partial charge in [0.2, 0.25) is 5.60 Å². The lowest BCUT2D eigenvalue weighted by molar-refractivity contribution is -0.194. The van der Waals surface area contributed by atoms with Gasteiger partial charge in [0.25, 0.3) is 11.8 Å². The van der Waals surface area contributed by atoms with Gasteiger partial charge in [0.15, 0.2) is 0 Å². The molecule has 4 rings (SSSR count). The highest BCUT2D eigenvalue weighted by molar-refractivity contribution is 7.16. The second-order valence-corrected chi connectivity index (χ2v) is 12.2. The predicted octanol–water partition coefficient (Wildman–Crippen LogP) is 2.76. The molecule has 3 amide bonds. The molecule has 202 valence electrons. The number of thiophene rings is 1. The zero-order chi connectivity index (χ0) is 28.0. The van der Waals surface area contributed by atoms with Crippen LogP contribution >= 0.6 is 11.3 Å². The van der Waals surface area contributed by atoms with Gasteiger partial charge in [-0.3, -0.25) is 24.3 Å². The molecule has 0 bridgehead atoms. The van der Waals surface area contributed by atoms with E-state index in [2.05, 4.69) is 10.3 Å². The maximum Gasteiger partial charge on any atom is 0.397 e. The second kappa shape index (κ2) is 9.59. The molecule has 0 saturated heterocycles. The Labute approximate surface area is 223 Å². The van der Waals surface area contributed by atoms with E-state index in [0.29, 0.717) is 21.0 Å². The number of anilines is 1. The first kappa shape index (κ1) is 27.4. The number of carbonyl (C=O) groups is 5. The quantitative estimate of drug-likeness (QED) is 0.268. The van der Waals surface area contributed by atoms with Crippen LogP contribution in [0.1, 0.15) is 67.9 Å². The Balaban J connectivity index is 1.62. The van der Waals surface area contributed by atoms with E-state index in [1.807, 2.05) is 0 Å². The van der Waals surface area contributed by atoms with Crippen molar-refractivity contribution in [3.63, 3.8) is 0 Å². The van der Waals surface area contributed by atoms with Crippen LogP contribution in [-0.4, -0.2) is 56.3 Å². The Morgan fingerprint density at radius 2 is 1.76 bits per heavy atom. The van der Waals surface area contributed by atoms with E-state index in [1.165, 1.54) is 12.4 Å². The molecule has 0 spiro atoms. The molecular weight excluding hydrogens is 514 g/mol. The number of hydrogen-bond donors (Lipinski definition) is 1. The minimum Gasteiger partial charge on any atom is -0.457 e. The van der Waals surface area contributed by atoms with Crippen LogP contribution in [0.25, 0.3) is 0 Å². The highest BCUT2D eigenvalue weighted by Crippen LogP contribution is 2.39. The summed E-state index contributed by atoms with van der Waals surface area (Å²) >= 11 is 1.14. The molecule has 1 N–H and O–H groups in total. The van der Waals surface area contributed by atoms with Crippen molar-refractivity contribution in [2.45, 2.75) is 77.9 Å². The summed E-state index contributed by atoms with van der Waals surface area (Å²) in [6, 6.07) is 3.21. The van der Waals surface area contributed by atoms with E-state index in [9.17, 15) is 24.0 Å². The fourth-order valence-electron chi connectivity index (χ4n) is 4.03. The summed E-state index contributed by atoms with van der Waals surface area (Å²) in [6.07, 6.45) is 2.67. The van der Waals surface area contributed by atoms with Gasteiger partial charge in [-0.2, -0.15) is 0 Å². The van der Waals surface area contributed by atoms with Gasteiger partial charge >= 0.3 is 17.8 Å². The Bertz CT molecular complexity index is 1340. The summed E-state index contributed by atoms with van der Waals surface area (Å²) in [6.45, 7) is 9.74. The fraction of sp³-hybridized carbons (Fsp3) is 0.462. The van der Waals surface area contributed by atoms with Crippen LogP contribution in [0.2, 0.25) is 0 Å². The third kappa shape index (κ3) is 5.46. The van der Waals surface area contributed by atoms with Crippen LogP contribution in [0, 0.1) is 0 Å². The number of hydrogen-bond acceptors (Lipinski definition) is 10. The number of fused-ring (bicyclic) bond motifs is 2. The summed E-state index contributed by atoms with van der Waals surface area (Å²) in [5.41, 5.74) is -2.47. The molecule has 0 aliphatic carbocycles. The number of nitrogens with zero attached hydrogens (tertiary/aromatic N) is 2. The first-order valence-electron chi connectivity index (χ1n) is 11.9. The number of aromatic nitrogens is 1. The zero-order valence-electron chi connectivity index (χ0n) is 22.0. The minimum absolute atomic E-state index is 0.0306. The van der Waals surface area contributed by atoms with Crippen LogP contribution in [0.3, 0.4) is 0 Å². The number of rotatable bonds is 3. The van der Waals surface area contributed by atoms with Gasteiger partial charge in [-0.25, -0.2) is 9.59 Å². The van der Waals surface area contributed by atoms with E-state index in [4.69, 9.17) is 14.2 Å². The Morgan fingerprint density at radius 1 is 1.08 bits per heavy atom. The van der Waals surface area contributed by atoms with Crippen LogP contribution < -0.4 is 5.32 Å². The predicted molar refractivity (Wildman–Crippen MR) is 135 cm³/mol. The standard InChI is InChI=1S/C26H29N3O8S/c1-24(2,3)36-21(32)19(30)28-18-9-15-10-26(35-13-17(15)38-18,23(34)37-25(4,5)6)22(33)29-12-14-7-8-27-11-16(14)20(29)31/h7-9,11H,10,12-13H2,1-6H3,(H,28,30). The molecule has 1 unspecified atom stereocenters. The molecule has 0 aromatic carbocycles. The average molecular weight is 544 g/mol. The van der Waals surface area contributed by atoms with Crippen LogP contribution in [0.4, 0.5) is 5.00 Å². The van der Waals surface area contributed by atoms with Crippen molar-refractivity contribution in [2.24, 2.45) is 0 Å². The number of amides is 3. The summed E-state index contributed by atoms with van der Waals surface area (Å²) in [7, 11) is 0. The molecule has 0 saturated carbocycles. The number of esters is 2. The summed E-state index contributed by atoms with van der Waals surface area (Å²) in [4.78, 5) is 70.4. The maximum absolute atomic E-state index is 13.9. The molecule has 1 atom stereocenters. The summed E-state index contributed by atoms with van der Waals surface area (Å²) < 4.78 is 16.6. The molecule has 2 aliphatic rings. The number of pyridine rings is 1.